The number of esters is 2. The minimum atomic E-state index is -0.730. The summed E-state index contributed by atoms with van der Waals surface area (Å²) in [6.07, 6.45) is 2.98. The molecule has 0 atom stereocenters. The number of hydrogen-bond acceptors (Lipinski definition) is 6. The van der Waals surface area contributed by atoms with Crippen molar-refractivity contribution in [3.05, 3.63) is 23.8 Å². The van der Waals surface area contributed by atoms with Gasteiger partial charge in [0.15, 0.2) is 5.57 Å². The van der Waals surface area contributed by atoms with Gasteiger partial charge in [0.05, 0.1) is 13.2 Å². The van der Waals surface area contributed by atoms with Crippen LogP contribution < -0.4 is 5.32 Å². The van der Waals surface area contributed by atoms with E-state index in [1.165, 1.54) is 6.20 Å². The number of hydrogen-bond donors (Lipinski definition) is 1. The predicted molar refractivity (Wildman–Crippen MR) is 72.9 cm³/mol. The molecular weight excluding hydrogens is 262 g/mol. The molecule has 0 aliphatic heterocycles. The summed E-state index contributed by atoms with van der Waals surface area (Å²) in [7, 11) is 1.84. The Balaban J connectivity index is 2.88. The summed E-state index contributed by atoms with van der Waals surface area (Å²) in [6, 6.07) is 0. The Hall–Kier alpha value is -2.31. The minimum Gasteiger partial charge on any atom is -0.462 e. The van der Waals surface area contributed by atoms with Crippen LogP contribution in [0.5, 0.6) is 0 Å². The number of rotatable bonds is 6. The molecule has 0 amide bonds. The van der Waals surface area contributed by atoms with Crippen molar-refractivity contribution in [2.24, 2.45) is 7.05 Å². The quantitative estimate of drug-likeness (QED) is 0.364. The van der Waals surface area contributed by atoms with Crippen LogP contribution in [-0.2, 0) is 26.1 Å². The zero-order chi connectivity index (χ0) is 15.1. The van der Waals surface area contributed by atoms with E-state index in [-0.39, 0.29) is 18.8 Å². The van der Waals surface area contributed by atoms with Gasteiger partial charge in [0, 0.05) is 19.4 Å². The van der Waals surface area contributed by atoms with Gasteiger partial charge < -0.3 is 19.4 Å². The van der Waals surface area contributed by atoms with Crippen molar-refractivity contribution in [1.82, 2.24) is 9.55 Å². The molecule has 0 fully saturated rings. The van der Waals surface area contributed by atoms with Gasteiger partial charge in [0.25, 0.3) is 0 Å². The largest absolute Gasteiger partial charge is 0.462 e. The van der Waals surface area contributed by atoms with Crippen LogP contribution in [0.25, 0.3) is 0 Å². The van der Waals surface area contributed by atoms with Crippen LogP contribution in [-0.4, -0.2) is 34.7 Å². The predicted octanol–water partition coefficient (Wildman–Crippen LogP) is 1.15. The first-order valence-electron chi connectivity index (χ1n) is 6.30. The van der Waals surface area contributed by atoms with E-state index >= 15 is 0 Å². The molecule has 7 nitrogen and oxygen atoms in total. The van der Waals surface area contributed by atoms with Crippen molar-refractivity contribution in [3.8, 4) is 0 Å². The number of carbonyl (C=O) groups is 2. The van der Waals surface area contributed by atoms with Crippen molar-refractivity contribution < 1.29 is 19.1 Å². The van der Waals surface area contributed by atoms with Crippen LogP contribution in [0.2, 0.25) is 0 Å². The molecule has 1 aromatic rings. The Morgan fingerprint density at radius 1 is 1.30 bits per heavy atom. The summed E-state index contributed by atoms with van der Waals surface area (Å²) < 4.78 is 11.4. The standard InChI is InChI=1S/C13H19N3O4/c1-5-19-12(17)10(13(18)20-6-2)7-14-11-8-16(4)9(3)15-11/h7-8,14H,5-6H2,1-4H3. The number of aromatic nitrogens is 2. The summed E-state index contributed by atoms with van der Waals surface area (Å²) in [5.41, 5.74) is -0.197. The fourth-order valence-corrected chi connectivity index (χ4v) is 1.39. The van der Waals surface area contributed by atoms with Gasteiger partial charge in [-0.2, -0.15) is 0 Å². The number of imidazole rings is 1. The smallest absolute Gasteiger partial charge is 0.347 e. The molecule has 110 valence electrons. The third-order valence-electron chi connectivity index (χ3n) is 2.46. The lowest BCUT2D eigenvalue weighted by molar-refractivity contribution is -0.146. The molecule has 0 saturated heterocycles. The summed E-state index contributed by atoms with van der Waals surface area (Å²) >= 11 is 0. The maximum atomic E-state index is 11.7. The SMILES string of the molecule is CCOC(=O)C(=CNc1cn(C)c(C)n1)C(=O)OCC. The highest BCUT2D eigenvalue weighted by Gasteiger charge is 2.21. The molecule has 0 radical (unpaired) electrons. The van der Waals surface area contributed by atoms with E-state index in [4.69, 9.17) is 9.47 Å². The topological polar surface area (TPSA) is 82.5 Å². The second-order valence-corrected chi connectivity index (χ2v) is 3.93. The molecule has 0 unspecified atom stereocenters. The van der Waals surface area contributed by atoms with Crippen molar-refractivity contribution in [2.45, 2.75) is 20.8 Å². The fraction of sp³-hybridized carbons (Fsp3) is 0.462. The Morgan fingerprint density at radius 2 is 1.85 bits per heavy atom. The first-order valence-corrected chi connectivity index (χ1v) is 6.30. The Morgan fingerprint density at radius 3 is 2.25 bits per heavy atom. The lowest BCUT2D eigenvalue weighted by Crippen LogP contribution is -2.19. The van der Waals surface area contributed by atoms with E-state index in [0.717, 1.165) is 5.82 Å². The molecule has 0 spiro atoms. The Kier molecular flexibility index (Phi) is 5.76. The molecule has 0 bridgehead atoms. The van der Waals surface area contributed by atoms with E-state index in [9.17, 15) is 9.59 Å². The van der Waals surface area contributed by atoms with Crippen molar-refractivity contribution in [2.75, 3.05) is 18.5 Å². The second-order valence-electron chi connectivity index (χ2n) is 3.93. The zero-order valence-electron chi connectivity index (χ0n) is 12.1. The molecule has 20 heavy (non-hydrogen) atoms. The highest BCUT2D eigenvalue weighted by atomic mass is 16.6. The van der Waals surface area contributed by atoms with Gasteiger partial charge in [-0.25, -0.2) is 14.6 Å². The molecule has 7 heteroatoms. The zero-order valence-corrected chi connectivity index (χ0v) is 12.1. The average molecular weight is 281 g/mol. The van der Waals surface area contributed by atoms with E-state index < -0.39 is 11.9 Å². The Bertz CT molecular complexity index is 480. The molecule has 0 aromatic carbocycles. The number of aryl methyl sites for hydroxylation is 2. The Labute approximate surface area is 117 Å². The van der Waals surface area contributed by atoms with Gasteiger partial charge >= 0.3 is 11.9 Å². The number of nitrogens with zero attached hydrogens (tertiary/aromatic N) is 2. The van der Waals surface area contributed by atoms with Crippen LogP contribution >= 0.6 is 0 Å². The molecule has 1 rings (SSSR count). The van der Waals surface area contributed by atoms with Gasteiger partial charge in [-0.05, 0) is 20.8 Å². The van der Waals surface area contributed by atoms with Crippen molar-refractivity contribution in [1.29, 1.82) is 0 Å². The lowest BCUT2D eigenvalue weighted by Gasteiger charge is -2.06. The highest BCUT2D eigenvalue weighted by molar-refractivity contribution is 6.14. The van der Waals surface area contributed by atoms with Crippen molar-refractivity contribution in [3.63, 3.8) is 0 Å². The lowest BCUT2D eigenvalue weighted by atomic mass is 10.3. The second kappa shape index (κ2) is 7.32. The van der Waals surface area contributed by atoms with E-state index in [1.54, 1.807) is 20.0 Å². The molecule has 0 saturated carbocycles. The van der Waals surface area contributed by atoms with Crippen LogP contribution in [0.1, 0.15) is 19.7 Å². The maximum absolute atomic E-state index is 11.7. The van der Waals surface area contributed by atoms with Gasteiger partial charge in [-0.1, -0.05) is 0 Å². The average Bonchev–Trinajstić information content (AvgIpc) is 2.69. The van der Waals surface area contributed by atoms with E-state index in [1.807, 2.05) is 18.5 Å². The number of nitrogens with one attached hydrogen (secondary N) is 1. The third kappa shape index (κ3) is 4.11. The third-order valence-corrected chi connectivity index (χ3v) is 2.46. The fourth-order valence-electron chi connectivity index (χ4n) is 1.39. The number of ether oxygens (including phenoxy) is 2. The van der Waals surface area contributed by atoms with Gasteiger partial charge in [-0.15, -0.1) is 0 Å². The summed E-state index contributed by atoms with van der Waals surface area (Å²) in [5.74, 6) is -0.136. The minimum absolute atomic E-state index is 0.179. The van der Waals surface area contributed by atoms with Crippen LogP contribution in [0.4, 0.5) is 5.82 Å². The van der Waals surface area contributed by atoms with E-state index in [2.05, 4.69) is 10.3 Å². The van der Waals surface area contributed by atoms with Crippen LogP contribution in [0.3, 0.4) is 0 Å². The molecule has 1 heterocycles. The van der Waals surface area contributed by atoms with Gasteiger partial charge in [-0.3, -0.25) is 0 Å². The number of carbonyl (C=O) groups excluding carboxylic acids is 2. The molecule has 1 aromatic heterocycles. The summed E-state index contributed by atoms with van der Waals surface area (Å²) in [6.45, 7) is 5.52. The van der Waals surface area contributed by atoms with Gasteiger partial charge in [0.2, 0.25) is 0 Å². The summed E-state index contributed by atoms with van der Waals surface area (Å²) in [5, 5.41) is 2.79. The molecule has 0 aliphatic rings. The van der Waals surface area contributed by atoms with Crippen LogP contribution in [0, 0.1) is 6.92 Å². The van der Waals surface area contributed by atoms with Gasteiger partial charge in [0.1, 0.15) is 11.6 Å². The van der Waals surface area contributed by atoms with E-state index in [0.29, 0.717) is 5.82 Å². The monoisotopic (exact) mass is 281 g/mol. The highest BCUT2D eigenvalue weighted by Crippen LogP contribution is 2.08. The molecular formula is C13H19N3O4. The van der Waals surface area contributed by atoms with Crippen molar-refractivity contribution >= 4 is 17.8 Å². The molecule has 0 aliphatic carbocycles. The summed E-state index contributed by atoms with van der Waals surface area (Å²) in [4.78, 5) is 27.6. The van der Waals surface area contributed by atoms with Crippen LogP contribution in [0.15, 0.2) is 18.0 Å². The normalized spacial score (nSPS) is 9.80. The number of anilines is 1. The maximum Gasteiger partial charge on any atom is 0.347 e. The first-order chi connectivity index (χ1) is 9.49. The first kappa shape index (κ1) is 15.7. The molecule has 1 N–H and O–H groups in total.